The van der Waals surface area contributed by atoms with Crippen LogP contribution in [-0.2, 0) is 0 Å². The highest BCUT2D eigenvalue weighted by atomic mass is 16.5. The average molecular weight is 297 g/mol. The van der Waals surface area contributed by atoms with E-state index in [1.165, 1.54) is 16.2 Å². The molecule has 0 aliphatic carbocycles. The lowest BCUT2D eigenvalue weighted by molar-refractivity contribution is 0.482. The second kappa shape index (κ2) is 4.50. The molecule has 0 spiro atoms. The van der Waals surface area contributed by atoms with Gasteiger partial charge in [0.1, 0.15) is 0 Å². The molecule has 0 saturated carbocycles. The molecule has 4 aromatic rings. The average Bonchev–Trinajstić information content (AvgIpc) is 2.62. The van der Waals surface area contributed by atoms with Crippen molar-refractivity contribution >= 4 is 32.9 Å². The Morgan fingerprint density at radius 1 is 0.652 bits per heavy atom. The lowest BCUT2D eigenvalue weighted by Crippen LogP contribution is -2.16. The minimum atomic E-state index is 0.905. The zero-order valence-electron chi connectivity index (χ0n) is 12.8. The molecule has 0 aromatic heterocycles. The van der Waals surface area contributed by atoms with Crippen LogP contribution < -0.4 is 9.64 Å². The molecule has 2 nitrogen and oxygen atoms in total. The van der Waals surface area contributed by atoms with Crippen molar-refractivity contribution in [2.75, 3.05) is 11.9 Å². The van der Waals surface area contributed by atoms with Crippen LogP contribution in [0.3, 0.4) is 0 Å². The molecular weight excluding hydrogens is 282 g/mol. The highest BCUT2D eigenvalue weighted by Crippen LogP contribution is 2.52. The van der Waals surface area contributed by atoms with Crippen LogP contribution in [0.25, 0.3) is 21.5 Å². The molecule has 0 radical (unpaired) electrons. The van der Waals surface area contributed by atoms with E-state index in [1.54, 1.807) is 0 Å². The molecule has 0 bridgehead atoms. The van der Waals surface area contributed by atoms with E-state index in [1.807, 2.05) is 18.2 Å². The van der Waals surface area contributed by atoms with Gasteiger partial charge in [0, 0.05) is 17.8 Å². The Labute approximate surface area is 134 Å². The van der Waals surface area contributed by atoms with Crippen molar-refractivity contribution in [1.82, 2.24) is 0 Å². The molecule has 0 saturated heterocycles. The lowest BCUT2D eigenvalue weighted by Gasteiger charge is -2.32. The fourth-order valence-electron chi connectivity index (χ4n) is 3.58. The van der Waals surface area contributed by atoms with Crippen molar-refractivity contribution in [2.45, 2.75) is 0 Å². The molecule has 5 rings (SSSR count). The van der Waals surface area contributed by atoms with Crippen LogP contribution in [0.5, 0.6) is 11.5 Å². The highest BCUT2D eigenvalue weighted by Gasteiger charge is 2.26. The summed E-state index contributed by atoms with van der Waals surface area (Å²) in [7, 11) is 2.11. The second-order valence-corrected chi connectivity index (χ2v) is 5.90. The summed E-state index contributed by atoms with van der Waals surface area (Å²) >= 11 is 0. The Kier molecular flexibility index (Phi) is 2.45. The van der Waals surface area contributed by atoms with Crippen LogP contribution in [0.4, 0.5) is 11.4 Å². The third-order valence-corrected chi connectivity index (χ3v) is 4.63. The van der Waals surface area contributed by atoms with Crippen molar-refractivity contribution in [3.63, 3.8) is 0 Å². The van der Waals surface area contributed by atoms with Gasteiger partial charge in [-0.15, -0.1) is 0 Å². The van der Waals surface area contributed by atoms with Crippen LogP contribution >= 0.6 is 0 Å². The molecule has 1 aliphatic rings. The second-order valence-electron chi connectivity index (χ2n) is 5.90. The first kappa shape index (κ1) is 12.5. The summed E-state index contributed by atoms with van der Waals surface area (Å²) in [6.45, 7) is 0. The van der Waals surface area contributed by atoms with Crippen LogP contribution in [0, 0.1) is 0 Å². The van der Waals surface area contributed by atoms with Gasteiger partial charge in [0.15, 0.2) is 11.5 Å². The summed E-state index contributed by atoms with van der Waals surface area (Å²) in [5.41, 5.74) is 2.23. The van der Waals surface area contributed by atoms with Gasteiger partial charge in [0.25, 0.3) is 0 Å². The van der Waals surface area contributed by atoms with E-state index >= 15 is 0 Å². The molecule has 110 valence electrons. The predicted molar refractivity (Wildman–Crippen MR) is 96.0 cm³/mol. The Balaban J connectivity index is 1.98. The van der Waals surface area contributed by atoms with Gasteiger partial charge < -0.3 is 9.64 Å². The zero-order chi connectivity index (χ0) is 15.4. The molecule has 4 aromatic carbocycles. The Bertz CT molecular complexity index is 1070. The number of hydrogen-bond acceptors (Lipinski definition) is 2. The maximum atomic E-state index is 6.33. The van der Waals surface area contributed by atoms with Crippen LogP contribution in [0.1, 0.15) is 0 Å². The van der Waals surface area contributed by atoms with E-state index in [-0.39, 0.29) is 0 Å². The number of anilines is 2. The first-order valence-corrected chi connectivity index (χ1v) is 7.78. The van der Waals surface area contributed by atoms with Crippen molar-refractivity contribution in [3.05, 3.63) is 72.8 Å². The molecule has 0 N–H and O–H groups in total. The van der Waals surface area contributed by atoms with Crippen molar-refractivity contribution in [2.24, 2.45) is 0 Å². The first-order chi connectivity index (χ1) is 11.3. The van der Waals surface area contributed by atoms with E-state index < -0.39 is 0 Å². The largest absolute Gasteiger partial charge is 0.452 e. The fourth-order valence-corrected chi connectivity index (χ4v) is 3.58. The highest BCUT2D eigenvalue weighted by molar-refractivity contribution is 6.18. The third kappa shape index (κ3) is 1.63. The molecule has 0 fully saturated rings. The normalized spacial score (nSPS) is 12.8. The smallest absolute Gasteiger partial charge is 0.159 e. The van der Waals surface area contributed by atoms with E-state index in [4.69, 9.17) is 4.74 Å². The minimum Gasteiger partial charge on any atom is -0.452 e. The van der Waals surface area contributed by atoms with E-state index in [0.717, 1.165) is 28.3 Å². The molecular formula is C21H15NO. The predicted octanol–water partition coefficient (Wildman–Crippen LogP) is 5.87. The molecule has 0 atom stereocenters. The molecule has 2 heteroatoms. The van der Waals surface area contributed by atoms with Gasteiger partial charge in [-0.2, -0.15) is 0 Å². The molecule has 1 aliphatic heterocycles. The van der Waals surface area contributed by atoms with E-state index in [2.05, 4.69) is 66.5 Å². The summed E-state index contributed by atoms with van der Waals surface area (Å²) in [6, 6.07) is 25.2. The van der Waals surface area contributed by atoms with Gasteiger partial charge >= 0.3 is 0 Å². The molecule has 23 heavy (non-hydrogen) atoms. The van der Waals surface area contributed by atoms with Crippen LogP contribution in [0.2, 0.25) is 0 Å². The van der Waals surface area contributed by atoms with Crippen molar-refractivity contribution < 1.29 is 4.74 Å². The minimum absolute atomic E-state index is 0.905. The number of rotatable bonds is 0. The van der Waals surface area contributed by atoms with Crippen LogP contribution in [0.15, 0.2) is 72.8 Å². The van der Waals surface area contributed by atoms with Gasteiger partial charge in [-0.1, -0.05) is 60.7 Å². The first-order valence-electron chi connectivity index (χ1n) is 7.78. The topological polar surface area (TPSA) is 12.5 Å². The van der Waals surface area contributed by atoms with E-state index in [9.17, 15) is 0 Å². The zero-order valence-corrected chi connectivity index (χ0v) is 12.8. The number of hydrogen-bond donors (Lipinski definition) is 0. The number of ether oxygens (including phenoxy) is 1. The standard InChI is InChI=1S/C21H15NO/c1-22-18-12-6-7-13-19(18)23-21-17-11-5-3-9-15(17)14-8-2-4-10-16(14)20(21)22/h2-13H,1H3. The Morgan fingerprint density at radius 3 is 2.00 bits per heavy atom. The van der Waals surface area contributed by atoms with Gasteiger partial charge in [0.05, 0.1) is 11.4 Å². The number of fused-ring (bicyclic) bond motifs is 7. The maximum absolute atomic E-state index is 6.33. The monoisotopic (exact) mass is 297 g/mol. The molecule has 0 amide bonds. The summed E-state index contributed by atoms with van der Waals surface area (Å²) in [5, 5.41) is 4.87. The Morgan fingerprint density at radius 2 is 1.22 bits per heavy atom. The Hall–Kier alpha value is -3.00. The number of nitrogens with zero attached hydrogens (tertiary/aromatic N) is 1. The summed E-state index contributed by atoms with van der Waals surface area (Å²) in [5.74, 6) is 1.85. The van der Waals surface area contributed by atoms with Gasteiger partial charge in [0.2, 0.25) is 0 Å². The van der Waals surface area contributed by atoms with Crippen molar-refractivity contribution in [1.29, 1.82) is 0 Å². The van der Waals surface area contributed by atoms with Crippen LogP contribution in [-0.4, -0.2) is 7.05 Å². The van der Waals surface area contributed by atoms with Crippen molar-refractivity contribution in [3.8, 4) is 11.5 Å². The molecule has 1 heterocycles. The molecule has 0 unspecified atom stereocenters. The number of benzene rings is 4. The number of para-hydroxylation sites is 2. The summed E-state index contributed by atoms with van der Waals surface area (Å²) < 4.78 is 6.33. The lowest BCUT2D eigenvalue weighted by atomic mass is 9.97. The summed E-state index contributed by atoms with van der Waals surface area (Å²) in [6.07, 6.45) is 0. The van der Waals surface area contributed by atoms with E-state index in [0.29, 0.717) is 0 Å². The summed E-state index contributed by atoms with van der Waals surface area (Å²) in [4.78, 5) is 2.24. The van der Waals surface area contributed by atoms with Gasteiger partial charge in [-0.05, 0) is 22.9 Å². The van der Waals surface area contributed by atoms with Gasteiger partial charge in [-0.3, -0.25) is 0 Å². The SMILES string of the molecule is CN1c2ccccc2Oc2c1c1ccccc1c1ccccc21. The van der Waals surface area contributed by atoms with Gasteiger partial charge in [-0.25, -0.2) is 0 Å². The maximum Gasteiger partial charge on any atom is 0.159 e. The third-order valence-electron chi connectivity index (χ3n) is 4.63. The quantitative estimate of drug-likeness (QED) is 0.376. The fraction of sp³-hybridized carbons (Fsp3) is 0.0476.